The van der Waals surface area contributed by atoms with Crippen LogP contribution in [0.3, 0.4) is 0 Å². The fraction of sp³-hybridized carbons (Fsp3) is 0.167. The third-order valence-corrected chi connectivity index (χ3v) is 3.91. The molecule has 2 rings (SSSR count). The smallest absolute Gasteiger partial charge is 0.338 e. The Balaban J connectivity index is 2.24. The van der Waals surface area contributed by atoms with E-state index in [0.29, 0.717) is 4.34 Å². The summed E-state index contributed by atoms with van der Waals surface area (Å²) in [6, 6.07) is 4.47. The van der Waals surface area contributed by atoms with Crippen molar-refractivity contribution >= 4 is 34.7 Å². The monoisotopic (exact) mass is 300 g/mol. The van der Waals surface area contributed by atoms with Crippen LogP contribution in [-0.4, -0.2) is 16.1 Å². The highest BCUT2D eigenvalue weighted by molar-refractivity contribution is 7.16. The van der Waals surface area contributed by atoms with Gasteiger partial charge < -0.3 is 10.4 Å². The lowest BCUT2D eigenvalue weighted by atomic mass is 10.2. The Hall–Kier alpha value is -1.66. The lowest BCUT2D eigenvalue weighted by Crippen LogP contribution is -2.11. The third-order valence-electron chi connectivity index (χ3n) is 2.49. The second-order valence-electron chi connectivity index (χ2n) is 3.83. The van der Waals surface area contributed by atoms with Gasteiger partial charge in [0.1, 0.15) is 5.56 Å². The van der Waals surface area contributed by atoms with Gasteiger partial charge in [0, 0.05) is 11.1 Å². The molecule has 4 nitrogen and oxygen atoms in total. The van der Waals surface area contributed by atoms with Crippen LogP contribution in [0.15, 0.2) is 24.4 Å². The zero-order chi connectivity index (χ0) is 14.0. The minimum atomic E-state index is -1.32. The molecule has 0 bridgehead atoms. The maximum Gasteiger partial charge on any atom is 0.338 e. The number of anilines is 1. The topological polar surface area (TPSA) is 62.2 Å². The van der Waals surface area contributed by atoms with Gasteiger partial charge in [-0.3, -0.25) is 0 Å². The second-order valence-corrected chi connectivity index (χ2v) is 5.58. The van der Waals surface area contributed by atoms with Crippen LogP contribution in [0, 0.1) is 5.82 Å². The molecule has 0 saturated heterocycles. The van der Waals surface area contributed by atoms with Gasteiger partial charge in [-0.1, -0.05) is 11.6 Å². The highest BCUT2D eigenvalue weighted by Gasteiger charge is 2.17. The first kappa shape index (κ1) is 13.8. The number of carboxylic acid groups (broad SMARTS) is 1. The van der Waals surface area contributed by atoms with Crippen molar-refractivity contribution in [1.82, 2.24) is 4.98 Å². The first-order valence-electron chi connectivity index (χ1n) is 5.38. The fourth-order valence-electron chi connectivity index (χ4n) is 1.55. The van der Waals surface area contributed by atoms with Gasteiger partial charge in [0.05, 0.1) is 10.4 Å². The molecule has 1 unspecified atom stereocenters. The van der Waals surface area contributed by atoms with Crippen LogP contribution in [0.25, 0.3) is 0 Å². The summed E-state index contributed by atoms with van der Waals surface area (Å²) < 4.78 is 14.5. The molecule has 1 atom stereocenters. The van der Waals surface area contributed by atoms with Crippen molar-refractivity contribution in [1.29, 1.82) is 0 Å². The number of pyridine rings is 1. The standard InChI is InChI=1S/C12H10ClFN2O2S/c1-6(8-2-3-9(13)19-8)16-11-10(14)7(12(17)18)4-5-15-11/h2-6H,1H3,(H,15,16)(H,17,18). The Morgan fingerprint density at radius 2 is 2.26 bits per heavy atom. The Bertz CT molecular complexity index is 618. The highest BCUT2D eigenvalue weighted by Crippen LogP contribution is 2.29. The zero-order valence-corrected chi connectivity index (χ0v) is 11.4. The third kappa shape index (κ3) is 3.02. The molecule has 0 spiro atoms. The summed E-state index contributed by atoms with van der Waals surface area (Å²) in [6.45, 7) is 1.82. The maximum absolute atomic E-state index is 13.9. The lowest BCUT2D eigenvalue weighted by molar-refractivity contribution is 0.0692. The van der Waals surface area contributed by atoms with Crippen molar-refractivity contribution in [2.24, 2.45) is 0 Å². The van der Waals surface area contributed by atoms with Crippen LogP contribution in [0.2, 0.25) is 4.34 Å². The van der Waals surface area contributed by atoms with Gasteiger partial charge in [-0.2, -0.15) is 0 Å². The first-order valence-corrected chi connectivity index (χ1v) is 6.58. The van der Waals surface area contributed by atoms with Gasteiger partial charge in [-0.05, 0) is 25.1 Å². The highest BCUT2D eigenvalue weighted by atomic mass is 35.5. The van der Waals surface area contributed by atoms with Gasteiger partial charge in [-0.15, -0.1) is 11.3 Å². The maximum atomic E-state index is 13.9. The number of thiophene rings is 1. The van der Waals surface area contributed by atoms with Crippen molar-refractivity contribution in [2.45, 2.75) is 13.0 Å². The van der Waals surface area contributed by atoms with Crippen LogP contribution < -0.4 is 5.32 Å². The molecule has 0 aliphatic rings. The second kappa shape index (κ2) is 5.54. The van der Waals surface area contributed by atoms with Crippen molar-refractivity contribution in [2.75, 3.05) is 5.32 Å². The average Bonchev–Trinajstić information content (AvgIpc) is 2.78. The number of hydrogen-bond acceptors (Lipinski definition) is 4. The van der Waals surface area contributed by atoms with Crippen LogP contribution in [0.1, 0.15) is 28.2 Å². The van der Waals surface area contributed by atoms with E-state index in [9.17, 15) is 9.18 Å². The van der Waals surface area contributed by atoms with Crippen molar-refractivity contribution in [3.8, 4) is 0 Å². The van der Waals surface area contributed by atoms with E-state index >= 15 is 0 Å². The van der Waals surface area contributed by atoms with E-state index in [1.807, 2.05) is 13.0 Å². The summed E-state index contributed by atoms with van der Waals surface area (Å²) in [7, 11) is 0. The van der Waals surface area contributed by atoms with Crippen molar-refractivity contribution < 1.29 is 14.3 Å². The summed E-state index contributed by atoms with van der Waals surface area (Å²) in [5.41, 5.74) is -0.408. The van der Waals surface area contributed by atoms with Gasteiger partial charge in [0.15, 0.2) is 11.6 Å². The summed E-state index contributed by atoms with van der Waals surface area (Å²) in [4.78, 5) is 15.5. The SMILES string of the molecule is CC(Nc1nccc(C(=O)O)c1F)c1ccc(Cl)s1. The number of carboxylic acids is 1. The van der Waals surface area contributed by atoms with E-state index in [1.54, 1.807) is 6.07 Å². The molecule has 2 aromatic rings. The summed E-state index contributed by atoms with van der Waals surface area (Å²) in [5, 5.41) is 11.7. The minimum absolute atomic E-state index is 0.0862. The van der Waals surface area contributed by atoms with Crippen LogP contribution in [0.5, 0.6) is 0 Å². The molecule has 0 aliphatic carbocycles. The van der Waals surface area contributed by atoms with Crippen molar-refractivity contribution in [3.05, 3.63) is 45.0 Å². The minimum Gasteiger partial charge on any atom is -0.478 e. The number of hydrogen-bond donors (Lipinski definition) is 2. The van der Waals surface area contributed by atoms with E-state index in [4.69, 9.17) is 16.7 Å². The lowest BCUT2D eigenvalue weighted by Gasteiger charge is -2.13. The van der Waals surface area contributed by atoms with Crippen LogP contribution in [-0.2, 0) is 0 Å². The summed E-state index contributed by atoms with van der Waals surface area (Å²) in [5.74, 6) is -2.28. The molecular weight excluding hydrogens is 291 g/mol. The molecule has 0 radical (unpaired) electrons. The molecule has 100 valence electrons. The molecule has 0 saturated carbocycles. The molecule has 0 amide bonds. The Morgan fingerprint density at radius 3 is 2.84 bits per heavy atom. The molecule has 0 fully saturated rings. The van der Waals surface area contributed by atoms with Crippen molar-refractivity contribution in [3.63, 3.8) is 0 Å². The summed E-state index contributed by atoms with van der Waals surface area (Å²) >= 11 is 7.20. The largest absolute Gasteiger partial charge is 0.478 e. The molecule has 2 aromatic heterocycles. The van der Waals surface area contributed by atoms with Crippen LogP contribution in [0.4, 0.5) is 10.2 Å². The van der Waals surface area contributed by atoms with E-state index in [0.717, 1.165) is 10.9 Å². The first-order chi connectivity index (χ1) is 8.99. The number of aromatic nitrogens is 1. The normalized spacial score (nSPS) is 12.2. The van der Waals surface area contributed by atoms with E-state index < -0.39 is 17.3 Å². The van der Waals surface area contributed by atoms with E-state index in [-0.39, 0.29) is 11.9 Å². The number of nitrogens with zero attached hydrogens (tertiary/aromatic N) is 1. The summed E-state index contributed by atoms with van der Waals surface area (Å²) in [6.07, 6.45) is 1.25. The molecule has 7 heteroatoms. The molecule has 2 heterocycles. The van der Waals surface area contributed by atoms with Crippen LogP contribution >= 0.6 is 22.9 Å². The van der Waals surface area contributed by atoms with E-state index in [1.165, 1.54) is 17.5 Å². The van der Waals surface area contributed by atoms with Gasteiger partial charge in [0.2, 0.25) is 0 Å². The number of rotatable bonds is 4. The fourth-order valence-corrected chi connectivity index (χ4v) is 2.61. The molecule has 2 N–H and O–H groups in total. The Kier molecular flexibility index (Phi) is 4.01. The molecular formula is C12H10ClFN2O2S. The molecule has 0 aliphatic heterocycles. The number of nitrogens with one attached hydrogen (secondary N) is 1. The molecule has 0 aromatic carbocycles. The quantitative estimate of drug-likeness (QED) is 0.901. The predicted molar refractivity (Wildman–Crippen MR) is 72.5 cm³/mol. The average molecular weight is 301 g/mol. The van der Waals surface area contributed by atoms with E-state index in [2.05, 4.69) is 10.3 Å². The Labute approximate surface area is 117 Å². The zero-order valence-electron chi connectivity index (χ0n) is 9.85. The predicted octanol–water partition coefficient (Wildman–Crippen LogP) is 3.81. The number of aromatic carboxylic acids is 1. The number of carbonyl (C=O) groups is 1. The van der Waals surface area contributed by atoms with Gasteiger partial charge in [-0.25, -0.2) is 14.2 Å². The Morgan fingerprint density at radius 1 is 1.53 bits per heavy atom. The van der Waals surface area contributed by atoms with Gasteiger partial charge >= 0.3 is 5.97 Å². The number of halogens is 2. The van der Waals surface area contributed by atoms with Gasteiger partial charge in [0.25, 0.3) is 0 Å². The molecule has 19 heavy (non-hydrogen) atoms.